The molecule has 34 heavy (non-hydrogen) atoms. The molecule has 0 unspecified atom stereocenters. The van der Waals surface area contributed by atoms with Gasteiger partial charge in [0.2, 0.25) is 11.8 Å². The molecule has 0 fully saturated rings. The Morgan fingerprint density at radius 3 is 2.50 bits per heavy atom. The van der Waals surface area contributed by atoms with Crippen molar-refractivity contribution in [2.75, 3.05) is 59.7 Å². The standard InChI is InChI=1S/C19H27N7O8/c1-25(13-17(27)21-7-2-8-23-24-20)18(28)14-33-12-11-32-10-9-22-19(29)34-16-5-3-15(4-6-16)26(30)31/h3-6H,2,7-14H2,1H3,(H,21,27)(H,22,29). The molecule has 0 saturated carbocycles. The van der Waals surface area contributed by atoms with E-state index >= 15 is 0 Å². The number of nitrogens with zero attached hydrogens (tertiary/aromatic N) is 5. The maximum Gasteiger partial charge on any atom is 0.412 e. The Morgan fingerprint density at radius 1 is 1.12 bits per heavy atom. The van der Waals surface area contributed by atoms with Crippen LogP contribution in [0.5, 0.6) is 5.75 Å². The van der Waals surface area contributed by atoms with E-state index in [0.29, 0.717) is 13.0 Å². The lowest BCUT2D eigenvalue weighted by Gasteiger charge is -2.16. The van der Waals surface area contributed by atoms with E-state index in [0.717, 1.165) is 0 Å². The molecule has 0 aliphatic heterocycles. The molecular weight excluding hydrogens is 454 g/mol. The quantitative estimate of drug-likeness (QED) is 0.0869. The molecule has 1 rings (SSSR count). The van der Waals surface area contributed by atoms with Crippen molar-refractivity contribution >= 4 is 23.6 Å². The smallest absolute Gasteiger partial charge is 0.410 e. The largest absolute Gasteiger partial charge is 0.412 e. The molecule has 0 aliphatic rings. The predicted molar refractivity (Wildman–Crippen MR) is 118 cm³/mol. The topological polar surface area (TPSA) is 198 Å². The number of carbonyl (C=O) groups is 3. The van der Waals surface area contributed by atoms with Crippen molar-refractivity contribution in [3.63, 3.8) is 0 Å². The highest BCUT2D eigenvalue weighted by molar-refractivity contribution is 5.85. The first-order valence-corrected chi connectivity index (χ1v) is 10.2. The Kier molecular flexibility index (Phi) is 13.8. The van der Waals surface area contributed by atoms with Gasteiger partial charge in [0.1, 0.15) is 12.4 Å². The van der Waals surface area contributed by atoms with Gasteiger partial charge in [-0.2, -0.15) is 0 Å². The van der Waals surface area contributed by atoms with Crippen molar-refractivity contribution in [2.45, 2.75) is 6.42 Å². The van der Waals surface area contributed by atoms with Crippen LogP contribution in [0.2, 0.25) is 0 Å². The van der Waals surface area contributed by atoms with Crippen molar-refractivity contribution in [2.24, 2.45) is 5.11 Å². The summed E-state index contributed by atoms with van der Waals surface area (Å²) in [5.41, 5.74) is 8.04. The van der Waals surface area contributed by atoms with Crippen molar-refractivity contribution < 1.29 is 33.5 Å². The summed E-state index contributed by atoms with van der Waals surface area (Å²) in [6.07, 6.45) is -0.227. The van der Waals surface area contributed by atoms with Crippen LogP contribution in [0.3, 0.4) is 0 Å². The van der Waals surface area contributed by atoms with Gasteiger partial charge in [-0.15, -0.1) is 0 Å². The summed E-state index contributed by atoms with van der Waals surface area (Å²) in [5.74, 6) is -0.547. The molecule has 0 heterocycles. The first kappa shape index (κ1) is 28.1. The molecule has 15 nitrogen and oxygen atoms in total. The number of hydrogen-bond donors (Lipinski definition) is 2. The molecule has 0 bridgehead atoms. The van der Waals surface area contributed by atoms with E-state index in [9.17, 15) is 24.5 Å². The molecule has 1 aromatic rings. The van der Waals surface area contributed by atoms with Gasteiger partial charge in [-0.25, -0.2) is 4.79 Å². The van der Waals surface area contributed by atoms with Crippen molar-refractivity contribution in [3.8, 4) is 5.75 Å². The number of benzene rings is 1. The number of nitrogens with one attached hydrogen (secondary N) is 2. The van der Waals surface area contributed by atoms with Crippen LogP contribution < -0.4 is 15.4 Å². The number of amides is 3. The zero-order chi connectivity index (χ0) is 25.2. The molecule has 3 amide bonds. The van der Waals surface area contributed by atoms with E-state index in [-0.39, 0.29) is 69.3 Å². The maximum absolute atomic E-state index is 11.9. The Hall–Kier alpha value is -3.94. The van der Waals surface area contributed by atoms with E-state index in [2.05, 4.69) is 20.7 Å². The summed E-state index contributed by atoms with van der Waals surface area (Å²) in [6, 6.07) is 5.07. The molecular formula is C19H27N7O8. The third-order valence-electron chi connectivity index (χ3n) is 4.00. The number of rotatable bonds is 16. The molecule has 0 aromatic heterocycles. The van der Waals surface area contributed by atoms with Crippen molar-refractivity contribution in [1.29, 1.82) is 0 Å². The minimum Gasteiger partial charge on any atom is -0.410 e. The molecule has 0 atom stereocenters. The Bertz CT molecular complexity index is 859. The highest BCUT2D eigenvalue weighted by atomic mass is 16.6. The van der Waals surface area contributed by atoms with Gasteiger partial charge < -0.3 is 29.7 Å². The lowest BCUT2D eigenvalue weighted by molar-refractivity contribution is -0.384. The van der Waals surface area contributed by atoms with Crippen LogP contribution >= 0.6 is 0 Å². The van der Waals surface area contributed by atoms with Gasteiger partial charge in [-0.05, 0) is 24.1 Å². The van der Waals surface area contributed by atoms with Crippen LogP contribution in [0.1, 0.15) is 6.42 Å². The number of nitro groups is 1. The molecule has 0 aliphatic carbocycles. The van der Waals surface area contributed by atoms with E-state index in [1.54, 1.807) is 0 Å². The van der Waals surface area contributed by atoms with Gasteiger partial charge in [0.05, 0.1) is 31.3 Å². The Morgan fingerprint density at radius 2 is 1.82 bits per heavy atom. The number of nitro benzene ring substituents is 1. The summed E-state index contributed by atoms with van der Waals surface area (Å²) < 4.78 is 15.4. The minimum atomic E-state index is -0.734. The second-order valence-corrected chi connectivity index (χ2v) is 6.64. The van der Waals surface area contributed by atoms with Crippen LogP contribution in [0.15, 0.2) is 29.4 Å². The molecule has 0 spiro atoms. The summed E-state index contributed by atoms with van der Waals surface area (Å²) >= 11 is 0. The molecule has 186 valence electrons. The first-order chi connectivity index (χ1) is 16.3. The molecule has 2 N–H and O–H groups in total. The average Bonchev–Trinajstić information content (AvgIpc) is 2.80. The van der Waals surface area contributed by atoms with Gasteiger partial charge in [0.25, 0.3) is 5.69 Å². The lowest BCUT2D eigenvalue weighted by Crippen LogP contribution is -2.40. The third-order valence-corrected chi connectivity index (χ3v) is 4.00. The number of ether oxygens (including phenoxy) is 3. The number of azide groups is 1. The van der Waals surface area contributed by atoms with Crippen LogP contribution in [-0.4, -0.2) is 87.4 Å². The van der Waals surface area contributed by atoms with Gasteiger partial charge in [0, 0.05) is 43.7 Å². The second-order valence-electron chi connectivity index (χ2n) is 6.64. The van der Waals surface area contributed by atoms with Crippen molar-refractivity contribution in [3.05, 3.63) is 44.8 Å². The first-order valence-electron chi connectivity index (χ1n) is 10.2. The van der Waals surface area contributed by atoms with Gasteiger partial charge in [-0.3, -0.25) is 19.7 Å². The highest BCUT2D eigenvalue weighted by Gasteiger charge is 2.12. The average molecular weight is 481 g/mol. The molecule has 0 saturated heterocycles. The van der Waals surface area contributed by atoms with Crippen LogP contribution in [0.4, 0.5) is 10.5 Å². The van der Waals surface area contributed by atoms with E-state index in [1.807, 2.05) is 0 Å². The number of hydrogen-bond acceptors (Lipinski definition) is 9. The fourth-order valence-corrected chi connectivity index (χ4v) is 2.28. The fraction of sp³-hybridized carbons (Fsp3) is 0.526. The molecule has 0 radical (unpaired) electrons. The second kappa shape index (κ2) is 16.7. The normalized spacial score (nSPS) is 10.0. The summed E-state index contributed by atoms with van der Waals surface area (Å²) in [6.45, 7) is 0.935. The number of likely N-dealkylation sites (N-methyl/N-ethyl adjacent to an activating group) is 1. The Labute approximate surface area is 195 Å². The fourth-order valence-electron chi connectivity index (χ4n) is 2.28. The van der Waals surface area contributed by atoms with Crippen LogP contribution in [0, 0.1) is 10.1 Å². The van der Waals surface area contributed by atoms with Crippen LogP contribution in [-0.2, 0) is 19.1 Å². The van der Waals surface area contributed by atoms with E-state index in [1.165, 1.54) is 36.2 Å². The van der Waals surface area contributed by atoms with Crippen LogP contribution in [0.25, 0.3) is 10.4 Å². The monoisotopic (exact) mass is 481 g/mol. The number of non-ortho nitro benzene ring substituents is 1. The van der Waals surface area contributed by atoms with E-state index < -0.39 is 11.0 Å². The predicted octanol–water partition coefficient (Wildman–Crippen LogP) is 0.991. The summed E-state index contributed by atoms with van der Waals surface area (Å²) in [5, 5.41) is 19.0. The van der Waals surface area contributed by atoms with E-state index in [4.69, 9.17) is 19.7 Å². The maximum atomic E-state index is 11.9. The SMILES string of the molecule is CN(CC(=O)NCCCN=[N+]=[N-])C(=O)COCCOCCNC(=O)Oc1ccc([N+](=O)[O-])cc1. The minimum absolute atomic E-state index is 0.113. The van der Waals surface area contributed by atoms with Gasteiger partial charge in [0.15, 0.2) is 0 Å². The summed E-state index contributed by atoms with van der Waals surface area (Å²) in [7, 11) is 1.48. The van der Waals surface area contributed by atoms with Gasteiger partial charge in [-0.1, -0.05) is 5.11 Å². The van der Waals surface area contributed by atoms with Crippen molar-refractivity contribution in [1.82, 2.24) is 15.5 Å². The number of carbonyl (C=O) groups excluding carboxylic acids is 3. The summed E-state index contributed by atoms with van der Waals surface area (Å²) in [4.78, 5) is 49.2. The molecule has 1 aromatic carbocycles. The highest BCUT2D eigenvalue weighted by Crippen LogP contribution is 2.17. The third kappa shape index (κ3) is 12.8. The molecule has 15 heteroatoms. The zero-order valence-electron chi connectivity index (χ0n) is 18.7. The zero-order valence-corrected chi connectivity index (χ0v) is 18.7. The van der Waals surface area contributed by atoms with Gasteiger partial charge >= 0.3 is 6.09 Å². The Balaban J connectivity index is 2.04. The lowest BCUT2D eigenvalue weighted by atomic mass is 10.3.